The highest BCUT2D eigenvalue weighted by Crippen LogP contribution is 2.37. The van der Waals surface area contributed by atoms with E-state index in [0.717, 1.165) is 5.56 Å². The first-order valence-corrected chi connectivity index (χ1v) is 7.46. The largest absolute Gasteiger partial charge is 0.229 e. The lowest BCUT2D eigenvalue weighted by molar-refractivity contribution is 0.544. The maximum atomic E-state index is 11.6. The van der Waals surface area contributed by atoms with E-state index in [2.05, 4.69) is 0 Å². The van der Waals surface area contributed by atoms with E-state index in [1.165, 1.54) is 6.26 Å². The quantitative estimate of drug-likeness (QED) is 0.795. The number of sulfone groups is 1. The lowest BCUT2D eigenvalue weighted by Gasteiger charge is -2.28. The minimum absolute atomic E-state index is 0.597. The van der Waals surface area contributed by atoms with Crippen molar-refractivity contribution in [1.29, 1.82) is 0 Å². The number of hydrogen-bond acceptors (Lipinski definition) is 2. The van der Waals surface area contributed by atoms with Crippen LogP contribution in [0, 0.1) is 0 Å². The molecule has 0 aromatic heterocycles. The summed E-state index contributed by atoms with van der Waals surface area (Å²) in [7, 11) is -3.22. The van der Waals surface area contributed by atoms with Crippen molar-refractivity contribution in [2.75, 3.05) is 6.26 Å². The lowest BCUT2D eigenvalue weighted by atomic mass is 10.0. The summed E-state index contributed by atoms with van der Waals surface area (Å²) < 4.78 is 22.2. The van der Waals surface area contributed by atoms with E-state index in [4.69, 9.17) is 23.2 Å². The predicted molar refractivity (Wildman–Crippen MR) is 69.0 cm³/mol. The SMILES string of the molecule is CC(C)(C(Cl)c1ccc(Cl)cc1)S(C)(=O)=O. The molecule has 0 aliphatic heterocycles. The molecule has 5 heteroatoms. The molecule has 0 spiro atoms. The van der Waals surface area contributed by atoms with Gasteiger partial charge in [-0.2, -0.15) is 0 Å². The van der Waals surface area contributed by atoms with Gasteiger partial charge in [0.25, 0.3) is 0 Å². The van der Waals surface area contributed by atoms with Crippen molar-refractivity contribution in [2.24, 2.45) is 0 Å². The Labute approximate surface area is 106 Å². The summed E-state index contributed by atoms with van der Waals surface area (Å²) in [5, 5.41) is 0.00421. The van der Waals surface area contributed by atoms with Gasteiger partial charge in [-0.15, -0.1) is 11.6 Å². The molecule has 1 rings (SSSR count). The Balaban J connectivity index is 3.12. The Hall–Kier alpha value is -0.250. The normalized spacial score (nSPS) is 14.8. The van der Waals surface area contributed by atoms with Gasteiger partial charge in [-0.3, -0.25) is 0 Å². The smallest absolute Gasteiger partial charge is 0.154 e. The first-order valence-electron chi connectivity index (χ1n) is 4.75. The van der Waals surface area contributed by atoms with Crippen molar-refractivity contribution in [3.8, 4) is 0 Å². The molecule has 1 aromatic rings. The summed E-state index contributed by atoms with van der Waals surface area (Å²) in [4.78, 5) is 0. The van der Waals surface area contributed by atoms with E-state index >= 15 is 0 Å². The van der Waals surface area contributed by atoms with Crippen LogP contribution >= 0.6 is 23.2 Å². The van der Waals surface area contributed by atoms with Crippen LogP contribution in [-0.4, -0.2) is 19.4 Å². The summed E-state index contributed by atoms with van der Waals surface area (Å²) >= 11 is 12.0. The highest BCUT2D eigenvalue weighted by atomic mass is 35.5. The average Bonchev–Trinajstić information content (AvgIpc) is 2.16. The van der Waals surface area contributed by atoms with Crippen LogP contribution in [0.5, 0.6) is 0 Å². The number of hydrogen-bond donors (Lipinski definition) is 0. The van der Waals surface area contributed by atoms with E-state index < -0.39 is 20.0 Å². The summed E-state index contributed by atoms with van der Waals surface area (Å²) in [6.45, 7) is 3.24. The van der Waals surface area contributed by atoms with Crippen molar-refractivity contribution >= 4 is 33.0 Å². The van der Waals surface area contributed by atoms with Crippen LogP contribution in [0.2, 0.25) is 5.02 Å². The summed E-state index contributed by atoms with van der Waals surface area (Å²) in [6, 6.07) is 6.88. The Morgan fingerprint density at radius 2 is 1.62 bits per heavy atom. The van der Waals surface area contributed by atoms with Gasteiger partial charge in [0.05, 0.1) is 10.1 Å². The van der Waals surface area contributed by atoms with Gasteiger partial charge in [0.1, 0.15) is 0 Å². The van der Waals surface area contributed by atoms with Crippen LogP contribution in [0.4, 0.5) is 0 Å². The molecule has 2 nitrogen and oxygen atoms in total. The number of benzene rings is 1. The van der Waals surface area contributed by atoms with E-state index in [-0.39, 0.29) is 0 Å². The molecular weight excluding hydrogens is 267 g/mol. The molecule has 0 radical (unpaired) electrons. The van der Waals surface area contributed by atoms with E-state index in [0.29, 0.717) is 5.02 Å². The summed E-state index contributed by atoms with van der Waals surface area (Å²) in [5.41, 5.74) is 0.751. The van der Waals surface area contributed by atoms with Crippen LogP contribution in [0.1, 0.15) is 24.8 Å². The number of alkyl halides is 1. The van der Waals surface area contributed by atoms with Gasteiger partial charge >= 0.3 is 0 Å². The Morgan fingerprint density at radius 3 is 2.00 bits per heavy atom. The average molecular weight is 281 g/mol. The molecule has 0 heterocycles. The molecule has 0 fully saturated rings. The van der Waals surface area contributed by atoms with E-state index in [1.54, 1.807) is 38.1 Å². The number of halogens is 2. The van der Waals surface area contributed by atoms with Gasteiger partial charge in [0.2, 0.25) is 0 Å². The minimum Gasteiger partial charge on any atom is -0.229 e. The van der Waals surface area contributed by atoms with Crippen LogP contribution in [0.3, 0.4) is 0 Å². The Morgan fingerprint density at radius 1 is 1.19 bits per heavy atom. The van der Waals surface area contributed by atoms with Crippen molar-refractivity contribution in [2.45, 2.75) is 24.0 Å². The molecule has 0 aliphatic carbocycles. The molecule has 0 bridgehead atoms. The van der Waals surface area contributed by atoms with Crippen molar-refractivity contribution in [3.63, 3.8) is 0 Å². The highest BCUT2D eigenvalue weighted by Gasteiger charge is 2.38. The van der Waals surface area contributed by atoms with Gasteiger partial charge < -0.3 is 0 Å². The third-order valence-electron chi connectivity index (χ3n) is 2.73. The van der Waals surface area contributed by atoms with Crippen LogP contribution in [0.15, 0.2) is 24.3 Å². The zero-order valence-corrected chi connectivity index (χ0v) is 11.7. The van der Waals surface area contributed by atoms with Crippen LogP contribution in [0.25, 0.3) is 0 Å². The second-order valence-electron chi connectivity index (χ2n) is 4.29. The molecule has 0 amide bonds. The molecule has 0 saturated heterocycles. The van der Waals surface area contributed by atoms with Gasteiger partial charge in [-0.05, 0) is 31.5 Å². The van der Waals surface area contributed by atoms with Gasteiger partial charge in [-0.25, -0.2) is 8.42 Å². The second kappa shape index (κ2) is 4.55. The summed E-state index contributed by atoms with van der Waals surface area (Å²) in [5.74, 6) is 0. The monoisotopic (exact) mass is 280 g/mol. The van der Waals surface area contributed by atoms with Crippen LogP contribution in [-0.2, 0) is 9.84 Å². The van der Waals surface area contributed by atoms with E-state index in [9.17, 15) is 8.42 Å². The fourth-order valence-electron chi connectivity index (χ4n) is 1.22. The zero-order chi connectivity index (χ0) is 12.6. The van der Waals surface area contributed by atoms with Crippen LogP contribution < -0.4 is 0 Å². The Kier molecular flexibility index (Phi) is 3.93. The summed E-state index contributed by atoms with van der Waals surface area (Å²) in [6.07, 6.45) is 1.19. The van der Waals surface area contributed by atoms with Crippen molar-refractivity contribution in [1.82, 2.24) is 0 Å². The first kappa shape index (κ1) is 13.8. The molecule has 0 aliphatic rings. The fraction of sp³-hybridized carbons (Fsp3) is 0.455. The Bertz CT molecular complexity index is 463. The third kappa shape index (κ3) is 2.70. The fourth-order valence-corrected chi connectivity index (χ4v) is 2.49. The molecule has 1 atom stereocenters. The molecule has 0 saturated carbocycles. The molecule has 1 aromatic carbocycles. The molecule has 90 valence electrons. The van der Waals surface area contributed by atoms with Crippen molar-refractivity contribution in [3.05, 3.63) is 34.9 Å². The maximum Gasteiger partial charge on any atom is 0.154 e. The second-order valence-corrected chi connectivity index (χ2v) is 7.76. The van der Waals surface area contributed by atoms with E-state index in [1.807, 2.05) is 0 Å². The molecular formula is C11H14Cl2O2S. The highest BCUT2D eigenvalue weighted by molar-refractivity contribution is 7.92. The first-order chi connectivity index (χ1) is 7.16. The lowest BCUT2D eigenvalue weighted by Crippen LogP contribution is -2.35. The van der Waals surface area contributed by atoms with Crippen molar-refractivity contribution < 1.29 is 8.42 Å². The standard InChI is InChI=1S/C11H14Cl2O2S/c1-11(2,16(3,14)15)10(13)8-4-6-9(12)7-5-8/h4-7,10H,1-3H3. The topological polar surface area (TPSA) is 34.1 Å². The molecule has 0 N–H and O–H groups in total. The number of rotatable bonds is 3. The minimum atomic E-state index is -3.22. The third-order valence-corrected chi connectivity index (χ3v) is 6.05. The molecule has 16 heavy (non-hydrogen) atoms. The predicted octanol–water partition coefficient (Wildman–Crippen LogP) is 3.44. The maximum absolute atomic E-state index is 11.6. The molecule has 1 unspecified atom stereocenters. The van der Waals surface area contributed by atoms with Gasteiger partial charge in [0, 0.05) is 11.3 Å². The van der Waals surface area contributed by atoms with Gasteiger partial charge in [-0.1, -0.05) is 23.7 Å². The zero-order valence-electron chi connectivity index (χ0n) is 9.37. The van der Waals surface area contributed by atoms with Gasteiger partial charge in [0.15, 0.2) is 9.84 Å².